The summed E-state index contributed by atoms with van der Waals surface area (Å²) >= 11 is 0. The summed E-state index contributed by atoms with van der Waals surface area (Å²) in [4.78, 5) is 47.6. The number of carbonyl (C=O) groups is 3. The molecule has 0 unspecified atom stereocenters. The van der Waals surface area contributed by atoms with Crippen molar-refractivity contribution in [3.8, 4) is 5.75 Å². The fourth-order valence-electron chi connectivity index (χ4n) is 2.33. The number of carboxylic acids is 1. The number of fused-ring (bicyclic) bond motifs is 1. The van der Waals surface area contributed by atoms with Crippen LogP contribution in [0.25, 0.3) is 0 Å². The summed E-state index contributed by atoms with van der Waals surface area (Å²) in [5, 5.41) is 19.5. The average Bonchev–Trinajstić information content (AvgIpc) is 2.56. The first-order valence-electron chi connectivity index (χ1n) is 7.47. The number of likely N-dealkylation sites (N-methyl/N-ethyl adjacent to an activating group) is 1. The smallest absolute Gasteiger partial charge is 0.303 e. The summed E-state index contributed by atoms with van der Waals surface area (Å²) in [6, 6.07) is 3.82. The van der Waals surface area contributed by atoms with Gasteiger partial charge < -0.3 is 14.7 Å². The molecule has 1 aliphatic heterocycles. The van der Waals surface area contributed by atoms with Gasteiger partial charge in [-0.1, -0.05) is 0 Å². The molecule has 1 N–H and O–H groups in total. The van der Waals surface area contributed by atoms with E-state index in [9.17, 15) is 24.5 Å². The Kier molecular flexibility index (Phi) is 5.52. The van der Waals surface area contributed by atoms with Gasteiger partial charge in [0, 0.05) is 32.1 Å². The number of non-ortho nitro benzene ring substituents is 1. The van der Waals surface area contributed by atoms with Gasteiger partial charge in [0.1, 0.15) is 12.3 Å². The maximum Gasteiger partial charge on any atom is 0.303 e. The number of ether oxygens (including phenoxy) is 1. The number of amides is 2. The Balaban J connectivity index is 2.12. The lowest BCUT2D eigenvalue weighted by atomic mass is 10.2. The van der Waals surface area contributed by atoms with Crippen LogP contribution >= 0.6 is 0 Å². The van der Waals surface area contributed by atoms with E-state index in [-0.39, 0.29) is 49.7 Å². The number of nitro groups is 1. The number of rotatable bonds is 7. The van der Waals surface area contributed by atoms with Gasteiger partial charge >= 0.3 is 5.97 Å². The molecule has 1 aromatic rings. The summed E-state index contributed by atoms with van der Waals surface area (Å²) in [7, 11) is 1.50. The molecule has 0 aromatic heterocycles. The van der Waals surface area contributed by atoms with Gasteiger partial charge in [0.15, 0.2) is 6.61 Å². The molecule has 10 heteroatoms. The van der Waals surface area contributed by atoms with Crippen molar-refractivity contribution in [1.29, 1.82) is 0 Å². The number of aliphatic carboxylic acids is 1. The van der Waals surface area contributed by atoms with Crippen molar-refractivity contribution < 1.29 is 29.2 Å². The number of carboxylic acid groups (broad SMARTS) is 1. The van der Waals surface area contributed by atoms with E-state index >= 15 is 0 Å². The van der Waals surface area contributed by atoms with E-state index < -0.39 is 22.7 Å². The zero-order valence-electron chi connectivity index (χ0n) is 13.5. The number of hydrogen-bond acceptors (Lipinski definition) is 6. The van der Waals surface area contributed by atoms with Gasteiger partial charge in [0.25, 0.3) is 11.6 Å². The number of nitrogens with zero attached hydrogens (tertiary/aromatic N) is 3. The zero-order chi connectivity index (χ0) is 18.6. The van der Waals surface area contributed by atoms with Gasteiger partial charge in [-0.15, -0.1) is 0 Å². The predicted molar refractivity (Wildman–Crippen MR) is 85.5 cm³/mol. The predicted octanol–water partition coefficient (Wildman–Crippen LogP) is 0.643. The summed E-state index contributed by atoms with van der Waals surface area (Å²) in [6.07, 6.45) is 0.222. The third-order valence-electron chi connectivity index (χ3n) is 3.70. The molecule has 1 aliphatic rings. The monoisotopic (exact) mass is 351 g/mol. The molecule has 1 aromatic carbocycles. The van der Waals surface area contributed by atoms with E-state index in [4.69, 9.17) is 9.84 Å². The summed E-state index contributed by atoms with van der Waals surface area (Å²) in [5.74, 6) is -1.56. The summed E-state index contributed by atoms with van der Waals surface area (Å²) < 4.78 is 5.23. The van der Waals surface area contributed by atoms with E-state index in [0.29, 0.717) is 0 Å². The fraction of sp³-hybridized carbons (Fsp3) is 0.400. The van der Waals surface area contributed by atoms with Crippen LogP contribution in [0, 0.1) is 10.1 Å². The lowest BCUT2D eigenvalue weighted by Gasteiger charge is -2.30. The molecule has 134 valence electrons. The molecule has 0 fully saturated rings. The first-order chi connectivity index (χ1) is 11.8. The Labute approximate surface area is 142 Å². The molecule has 0 saturated carbocycles. The molecule has 0 saturated heterocycles. The minimum atomic E-state index is -0.953. The van der Waals surface area contributed by atoms with Crippen LogP contribution in [0.15, 0.2) is 18.2 Å². The van der Waals surface area contributed by atoms with Crippen LogP contribution in [0.4, 0.5) is 11.4 Å². The molecule has 1 heterocycles. The highest BCUT2D eigenvalue weighted by atomic mass is 16.6. The SMILES string of the molecule is CN(CCCC(=O)O)C(=O)CN1C(=O)COc2ccc([N+](=O)[O-])cc21. The second-order valence-corrected chi connectivity index (χ2v) is 5.49. The molecular weight excluding hydrogens is 334 g/mol. The number of nitro benzene ring substituents is 1. The third-order valence-corrected chi connectivity index (χ3v) is 3.70. The largest absolute Gasteiger partial charge is 0.482 e. The van der Waals surface area contributed by atoms with Crippen molar-refractivity contribution in [2.24, 2.45) is 0 Å². The average molecular weight is 351 g/mol. The van der Waals surface area contributed by atoms with Crippen LogP contribution in [-0.2, 0) is 14.4 Å². The van der Waals surface area contributed by atoms with Gasteiger partial charge in [-0.05, 0) is 12.5 Å². The molecule has 0 spiro atoms. The van der Waals surface area contributed by atoms with Crippen molar-refractivity contribution in [3.05, 3.63) is 28.3 Å². The molecule has 0 atom stereocenters. The lowest BCUT2D eigenvalue weighted by molar-refractivity contribution is -0.384. The number of carbonyl (C=O) groups excluding carboxylic acids is 2. The highest BCUT2D eigenvalue weighted by Crippen LogP contribution is 2.35. The fourth-order valence-corrected chi connectivity index (χ4v) is 2.33. The number of benzene rings is 1. The number of hydrogen-bond donors (Lipinski definition) is 1. The van der Waals surface area contributed by atoms with Crippen molar-refractivity contribution in [3.63, 3.8) is 0 Å². The van der Waals surface area contributed by atoms with Gasteiger partial charge in [-0.2, -0.15) is 0 Å². The lowest BCUT2D eigenvalue weighted by Crippen LogP contribution is -2.45. The van der Waals surface area contributed by atoms with Crippen LogP contribution in [0.1, 0.15) is 12.8 Å². The second kappa shape index (κ2) is 7.60. The van der Waals surface area contributed by atoms with Crippen LogP contribution < -0.4 is 9.64 Å². The van der Waals surface area contributed by atoms with Gasteiger partial charge in [-0.25, -0.2) is 0 Å². The van der Waals surface area contributed by atoms with Gasteiger partial charge in [0.2, 0.25) is 5.91 Å². The van der Waals surface area contributed by atoms with Gasteiger partial charge in [0.05, 0.1) is 10.6 Å². The Morgan fingerprint density at radius 1 is 1.44 bits per heavy atom. The zero-order valence-corrected chi connectivity index (χ0v) is 13.5. The third kappa shape index (κ3) is 4.43. The molecule has 25 heavy (non-hydrogen) atoms. The topological polar surface area (TPSA) is 130 Å². The van der Waals surface area contributed by atoms with E-state index in [1.165, 1.54) is 30.1 Å². The van der Waals surface area contributed by atoms with Crippen molar-refractivity contribution >= 4 is 29.2 Å². The maximum absolute atomic E-state index is 12.3. The quantitative estimate of drug-likeness (QED) is 0.563. The maximum atomic E-state index is 12.3. The van der Waals surface area contributed by atoms with Crippen molar-refractivity contribution in [1.82, 2.24) is 4.90 Å². The minimum absolute atomic E-state index is 0.0663. The van der Waals surface area contributed by atoms with E-state index in [1.807, 2.05) is 0 Å². The normalized spacial score (nSPS) is 13.0. The standard InChI is InChI=1S/C15H17N3O7/c1-16(6-2-3-15(21)22)13(19)8-17-11-7-10(18(23)24)4-5-12(11)25-9-14(17)20/h4-5,7H,2-3,6,8-9H2,1H3,(H,21,22). The Morgan fingerprint density at radius 2 is 2.16 bits per heavy atom. The Bertz CT molecular complexity index is 719. The van der Waals surface area contributed by atoms with Crippen LogP contribution in [0.5, 0.6) is 5.75 Å². The Morgan fingerprint density at radius 3 is 2.80 bits per heavy atom. The highest BCUT2D eigenvalue weighted by Gasteiger charge is 2.29. The van der Waals surface area contributed by atoms with Gasteiger partial charge in [-0.3, -0.25) is 29.4 Å². The van der Waals surface area contributed by atoms with Crippen LogP contribution in [0.2, 0.25) is 0 Å². The highest BCUT2D eigenvalue weighted by molar-refractivity contribution is 6.02. The van der Waals surface area contributed by atoms with E-state index in [0.717, 1.165) is 4.90 Å². The minimum Gasteiger partial charge on any atom is -0.482 e. The Hall–Kier alpha value is -3.17. The van der Waals surface area contributed by atoms with E-state index in [2.05, 4.69) is 0 Å². The molecule has 10 nitrogen and oxygen atoms in total. The van der Waals surface area contributed by atoms with Crippen LogP contribution in [-0.4, -0.2) is 59.5 Å². The summed E-state index contributed by atoms with van der Waals surface area (Å²) in [5.41, 5.74) is -0.0537. The summed E-state index contributed by atoms with van der Waals surface area (Å²) in [6.45, 7) is -0.341. The molecule has 2 rings (SSSR count). The molecule has 0 radical (unpaired) electrons. The first kappa shape index (κ1) is 18.2. The molecular formula is C15H17N3O7. The van der Waals surface area contributed by atoms with Crippen LogP contribution in [0.3, 0.4) is 0 Å². The second-order valence-electron chi connectivity index (χ2n) is 5.49. The molecule has 2 amide bonds. The molecule has 0 bridgehead atoms. The number of anilines is 1. The van der Waals surface area contributed by atoms with Crippen molar-refractivity contribution in [2.75, 3.05) is 31.6 Å². The first-order valence-corrected chi connectivity index (χ1v) is 7.47. The molecule has 0 aliphatic carbocycles. The van der Waals surface area contributed by atoms with Crippen molar-refractivity contribution in [2.45, 2.75) is 12.8 Å². The van der Waals surface area contributed by atoms with E-state index in [1.54, 1.807) is 0 Å².